The molecule has 0 spiro atoms. The summed E-state index contributed by atoms with van der Waals surface area (Å²) in [7, 11) is -2.16. The van der Waals surface area contributed by atoms with E-state index in [0.29, 0.717) is 5.39 Å². The van der Waals surface area contributed by atoms with E-state index in [9.17, 15) is 8.42 Å². The zero-order valence-electron chi connectivity index (χ0n) is 13.0. The number of hydrazone groups is 1. The Morgan fingerprint density at radius 1 is 0.958 bits per heavy atom. The predicted octanol–water partition coefficient (Wildman–Crippen LogP) is 3.16. The highest BCUT2D eigenvalue weighted by molar-refractivity contribution is 7.89. The summed E-state index contributed by atoms with van der Waals surface area (Å²) in [6, 6.07) is 19.6. The summed E-state index contributed by atoms with van der Waals surface area (Å²) in [4.78, 5) is 2.46. The van der Waals surface area contributed by atoms with Gasteiger partial charge in [-0.05, 0) is 41.3 Å². The van der Waals surface area contributed by atoms with E-state index < -0.39 is 10.0 Å². The molecular weight excluding hydrogens is 324 g/mol. The van der Waals surface area contributed by atoms with E-state index in [2.05, 4.69) is 9.93 Å². The number of methoxy groups -OCH3 is 1. The molecule has 0 saturated carbocycles. The van der Waals surface area contributed by atoms with Crippen LogP contribution >= 0.6 is 0 Å². The van der Waals surface area contributed by atoms with Crippen molar-refractivity contribution >= 4 is 27.0 Å². The molecule has 0 aliphatic heterocycles. The van der Waals surface area contributed by atoms with Crippen LogP contribution in [0.25, 0.3) is 10.8 Å². The van der Waals surface area contributed by atoms with Crippen LogP contribution in [0.5, 0.6) is 5.75 Å². The molecule has 24 heavy (non-hydrogen) atoms. The third kappa shape index (κ3) is 3.38. The molecule has 0 heterocycles. The first-order chi connectivity index (χ1) is 11.6. The fourth-order valence-electron chi connectivity index (χ4n) is 2.34. The van der Waals surface area contributed by atoms with Crippen LogP contribution in [0.15, 0.2) is 76.7 Å². The number of hydrogen-bond acceptors (Lipinski definition) is 4. The number of nitrogens with zero attached hydrogens (tertiary/aromatic N) is 1. The Morgan fingerprint density at radius 2 is 1.67 bits per heavy atom. The normalized spacial score (nSPS) is 11.7. The van der Waals surface area contributed by atoms with Gasteiger partial charge in [0, 0.05) is 5.39 Å². The van der Waals surface area contributed by atoms with Gasteiger partial charge in [0.05, 0.1) is 18.2 Å². The third-order valence-electron chi connectivity index (χ3n) is 3.54. The molecule has 0 fully saturated rings. The van der Waals surface area contributed by atoms with Gasteiger partial charge in [0.1, 0.15) is 5.75 Å². The second-order valence-electron chi connectivity index (χ2n) is 5.10. The van der Waals surface area contributed by atoms with Gasteiger partial charge in [0.25, 0.3) is 10.0 Å². The highest BCUT2D eigenvalue weighted by atomic mass is 32.2. The summed E-state index contributed by atoms with van der Waals surface area (Å²) in [5.74, 6) is 0.725. The van der Waals surface area contributed by atoms with Crippen molar-refractivity contribution in [1.29, 1.82) is 0 Å². The first-order valence-corrected chi connectivity index (χ1v) is 8.75. The van der Waals surface area contributed by atoms with Gasteiger partial charge in [-0.3, -0.25) is 0 Å². The molecule has 3 aromatic rings. The quantitative estimate of drug-likeness (QED) is 0.573. The Labute approximate surface area is 140 Å². The molecule has 5 nitrogen and oxygen atoms in total. The van der Waals surface area contributed by atoms with Crippen LogP contribution in [0.3, 0.4) is 0 Å². The molecule has 6 heteroatoms. The van der Waals surface area contributed by atoms with E-state index >= 15 is 0 Å². The lowest BCUT2D eigenvalue weighted by Crippen LogP contribution is -2.18. The molecule has 0 aliphatic rings. The molecule has 122 valence electrons. The van der Waals surface area contributed by atoms with Gasteiger partial charge in [-0.2, -0.15) is 13.5 Å². The van der Waals surface area contributed by atoms with Crippen LogP contribution in [0, 0.1) is 0 Å². The lowest BCUT2D eigenvalue weighted by molar-refractivity contribution is 0.415. The standard InChI is InChI=1S/C18H16N2O3S/c1-23-16-11-9-14(10-12-16)13-19-20-24(21,22)18-8-4-6-15-5-2-3-7-17(15)18/h2-13,20H,1H3. The third-order valence-corrected chi connectivity index (χ3v) is 4.82. The minimum atomic E-state index is -3.74. The molecule has 0 saturated heterocycles. The fraction of sp³-hybridized carbons (Fsp3) is 0.0556. The van der Waals surface area contributed by atoms with Gasteiger partial charge in [-0.1, -0.05) is 36.4 Å². The zero-order chi connectivity index (χ0) is 17.0. The molecule has 0 bridgehead atoms. The van der Waals surface area contributed by atoms with Crippen LogP contribution in [0.2, 0.25) is 0 Å². The van der Waals surface area contributed by atoms with Gasteiger partial charge < -0.3 is 4.74 Å². The minimum absolute atomic E-state index is 0.201. The van der Waals surface area contributed by atoms with Gasteiger partial charge in [-0.15, -0.1) is 0 Å². The van der Waals surface area contributed by atoms with E-state index in [-0.39, 0.29) is 4.90 Å². The summed E-state index contributed by atoms with van der Waals surface area (Å²) in [6.07, 6.45) is 1.45. The first-order valence-electron chi connectivity index (χ1n) is 7.27. The van der Waals surface area contributed by atoms with Gasteiger partial charge in [-0.25, -0.2) is 4.83 Å². The van der Waals surface area contributed by atoms with E-state index in [1.54, 1.807) is 49.6 Å². The Kier molecular flexibility index (Phi) is 4.48. The van der Waals surface area contributed by atoms with Crippen LogP contribution < -0.4 is 9.57 Å². The molecular formula is C18H16N2O3S. The smallest absolute Gasteiger partial charge is 0.277 e. The van der Waals surface area contributed by atoms with Crippen molar-refractivity contribution in [3.63, 3.8) is 0 Å². The summed E-state index contributed by atoms with van der Waals surface area (Å²) in [5, 5.41) is 5.37. The molecule has 0 atom stereocenters. The van der Waals surface area contributed by atoms with Crippen molar-refractivity contribution in [3.8, 4) is 5.75 Å². The van der Waals surface area contributed by atoms with Crippen LogP contribution in [-0.2, 0) is 10.0 Å². The maximum Gasteiger partial charge on any atom is 0.277 e. The minimum Gasteiger partial charge on any atom is -0.497 e. The van der Waals surface area contributed by atoms with E-state index in [1.807, 2.05) is 24.3 Å². The molecule has 0 radical (unpaired) electrons. The number of fused-ring (bicyclic) bond motifs is 1. The molecule has 3 aromatic carbocycles. The summed E-state index contributed by atoms with van der Waals surface area (Å²) < 4.78 is 30.1. The summed E-state index contributed by atoms with van der Waals surface area (Å²) in [5.41, 5.74) is 0.761. The molecule has 0 amide bonds. The molecule has 0 unspecified atom stereocenters. The van der Waals surface area contributed by atoms with Gasteiger partial charge in [0.2, 0.25) is 0 Å². The van der Waals surface area contributed by atoms with Gasteiger partial charge in [0.15, 0.2) is 0 Å². The SMILES string of the molecule is COc1ccc(C=NNS(=O)(=O)c2cccc3ccccc23)cc1. The average Bonchev–Trinajstić information content (AvgIpc) is 2.61. The van der Waals surface area contributed by atoms with E-state index in [4.69, 9.17) is 4.74 Å². The van der Waals surface area contributed by atoms with Crippen molar-refractivity contribution in [2.75, 3.05) is 7.11 Å². The second kappa shape index (κ2) is 6.72. The number of benzene rings is 3. The van der Waals surface area contributed by atoms with E-state index in [1.165, 1.54) is 6.21 Å². The Hall–Kier alpha value is -2.86. The monoisotopic (exact) mass is 340 g/mol. The lowest BCUT2D eigenvalue weighted by Gasteiger charge is -2.07. The highest BCUT2D eigenvalue weighted by Gasteiger charge is 2.15. The van der Waals surface area contributed by atoms with Crippen molar-refractivity contribution in [2.24, 2.45) is 5.10 Å². The number of rotatable bonds is 5. The molecule has 1 N–H and O–H groups in total. The zero-order valence-corrected chi connectivity index (χ0v) is 13.8. The van der Waals surface area contributed by atoms with Gasteiger partial charge >= 0.3 is 0 Å². The Balaban J connectivity index is 1.84. The molecule has 0 aromatic heterocycles. The topological polar surface area (TPSA) is 67.8 Å². The number of nitrogens with one attached hydrogen (secondary N) is 1. The Bertz CT molecular complexity index is 975. The van der Waals surface area contributed by atoms with Crippen LogP contribution in [-0.4, -0.2) is 21.7 Å². The van der Waals surface area contributed by atoms with Crippen molar-refractivity contribution in [3.05, 3.63) is 72.3 Å². The van der Waals surface area contributed by atoms with Crippen molar-refractivity contribution in [1.82, 2.24) is 4.83 Å². The maximum atomic E-state index is 12.5. The molecule has 3 rings (SSSR count). The number of ether oxygens (including phenoxy) is 1. The van der Waals surface area contributed by atoms with Crippen LogP contribution in [0.4, 0.5) is 0 Å². The van der Waals surface area contributed by atoms with Crippen molar-refractivity contribution < 1.29 is 13.2 Å². The Morgan fingerprint density at radius 3 is 2.42 bits per heavy atom. The van der Waals surface area contributed by atoms with E-state index in [0.717, 1.165) is 16.7 Å². The molecule has 0 aliphatic carbocycles. The maximum absolute atomic E-state index is 12.5. The largest absolute Gasteiger partial charge is 0.497 e. The predicted molar refractivity (Wildman–Crippen MR) is 94.9 cm³/mol. The summed E-state index contributed by atoms with van der Waals surface area (Å²) >= 11 is 0. The highest BCUT2D eigenvalue weighted by Crippen LogP contribution is 2.22. The van der Waals surface area contributed by atoms with Crippen molar-refractivity contribution in [2.45, 2.75) is 4.90 Å². The number of sulfonamides is 1. The fourth-order valence-corrected chi connectivity index (χ4v) is 3.36. The summed E-state index contributed by atoms with van der Waals surface area (Å²) in [6.45, 7) is 0. The first kappa shape index (κ1) is 16.0. The van der Waals surface area contributed by atoms with Crippen LogP contribution in [0.1, 0.15) is 5.56 Å². The second-order valence-corrected chi connectivity index (χ2v) is 6.73. The number of hydrogen-bond donors (Lipinski definition) is 1. The lowest BCUT2D eigenvalue weighted by atomic mass is 10.1. The average molecular weight is 340 g/mol.